The average Bonchev–Trinajstić information content (AvgIpc) is 2.97. The lowest BCUT2D eigenvalue weighted by molar-refractivity contribution is 0.0950. The fourth-order valence-electron chi connectivity index (χ4n) is 2.21. The molecular weight excluding hydrogens is 258 g/mol. The zero-order chi connectivity index (χ0) is 13.1. The first-order valence-electron chi connectivity index (χ1n) is 6.35. The highest BCUT2D eigenvalue weighted by molar-refractivity contribution is 7.07. The second-order valence-corrected chi connectivity index (χ2v) is 5.28. The minimum absolute atomic E-state index is 0.0404. The van der Waals surface area contributed by atoms with Gasteiger partial charge in [0, 0.05) is 23.2 Å². The van der Waals surface area contributed by atoms with Crippen molar-refractivity contribution >= 4 is 22.9 Å². The molecule has 98 valence electrons. The Hall–Kier alpha value is -1.88. The van der Waals surface area contributed by atoms with Crippen molar-refractivity contribution in [1.29, 1.82) is 0 Å². The molecule has 0 saturated carbocycles. The molecule has 2 heterocycles. The molecule has 0 aliphatic carbocycles. The van der Waals surface area contributed by atoms with E-state index >= 15 is 0 Å². The summed E-state index contributed by atoms with van der Waals surface area (Å²) in [5, 5.41) is 8.18. The van der Waals surface area contributed by atoms with E-state index in [4.69, 9.17) is 0 Å². The van der Waals surface area contributed by atoms with Crippen LogP contribution >= 0.6 is 11.3 Å². The van der Waals surface area contributed by atoms with Crippen LogP contribution < -0.4 is 10.6 Å². The molecule has 0 atom stereocenters. The third kappa shape index (κ3) is 2.76. The predicted molar refractivity (Wildman–Crippen MR) is 76.5 cm³/mol. The summed E-state index contributed by atoms with van der Waals surface area (Å²) in [6, 6.07) is 5.84. The van der Waals surface area contributed by atoms with Crippen LogP contribution in [0.1, 0.15) is 28.0 Å². The first kappa shape index (κ1) is 12.2. The number of nitrogens with zero attached hydrogens (tertiary/aromatic N) is 1. The Bertz CT molecular complexity index is 580. The lowest BCUT2D eigenvalue weighted by atomic mass is 10.0. The Labute approximate surface area is 115 Å². The highest BCUT2D eigenvalue weighted by Crippen LogP contribution is 2.22. The number of benzene rings is 1. The molecule has 1 amide bonds. The van der Waals surface area contributed by atoms with Gasteiger partial charge in [0.2, 0.25) is 0 Å². The van der Waals surface area contributed by atoms with Gasteiger partial charge in [-0.3, -0.25) is 4.79 Å². The van der Waals surface area contributed by atoms with Gasteiger partial charge in [0.05, 0.1) is 17.7 Å². The SMILES string of the molecule is O=C(NCc1cscn1)c1ccc2c(c1)CCCN2. The van der Waals surface area contributed by atoms with Gasteiger partial charge in [-0.1, -0.05) is 0 Å². The average molecular weight is 273 g/mol. The van der Waals surface area contributed by atoms with Gasteiger partial charge in [0.1, 0.15) is 0 Å². The molecule has 3 rings (SSSR count). The van der Waals surface area contributed by atoms with Crippen LogP contribution in [0.2, 0.25) is 0 Å². The number of amides is 1. The Morgan fingerprint density at radius 2 is 2.42 bits per heavy atom. The van der Waals surface area contributed by atoms with E-state index in [0.717, 1.165) is 36.3 Å². The molecule has 0 saturated heterocycles. The third-order valence-corrected chi connectivity index (χ3v) is 3.85. The summed E-state index contributed by atoms with van der Waals surface area (Å²) in [5.74, 6) is -0.0404. The molecule has 19 heavy (non-hydrogen) atoms. The highest BCUT2D eigenvalue weighted by Gasteiger charge is 2.12. The van der Waals surface area contributed by atoms with Gasteiger partial charge in [-0.25, -0.2) is 4.98 Å². The van der Waals surface area contributed by atoms with Crippen molar-refractivity contribution < 1.29 is 4.79 Å². The Morgan fingerprint density at radius 1 is 1.47 bits per heavy atom. The number of aryl methyl sites for hydroxylation is 1. The summed E-state index contributed by atoms with van der Waals surface area (Å²) in [6.45, 7) is 1.50. The van der Waals surface area contributed by atoms with Gasteiger partial charge in [-0.05, 0) is 36.6 Å². The number of nitrogens with one attached hydrogen (secondary N) is 2. The van der Waals surface area contributed by atoms with Gasteiger partial charge in [-0.15, -0.1) is 11.3 Å². The molecule has 1 aromatic carbocycles. The largest absolute Gasteiger partial charge is 0.385 e. The van der Waals surface area contributed by atoms with E-state index in [2.05, 4.69) is 15.6 Å². The Morgan fingerprint density at radius 3 is 3.26 bits per heavy atom. The van der Waals surface area contributed by atoms with Crippen LogP contribution in [-0.4, -0.2) is 17.4 Å². The van der Waals surface area contributed by atoms with E-state index in [9.17, 15) is 4.79 Å². The topological polar surface area (TPSA) is 54.0 Å². The van der Waals surface area contributed by atoms with E-state index in [-0.39, 0.29) is 5.91 Å². The fourth-order valence-corrected chi connectivity index (χ4v) is 2.77. The second kappa shape index (κ2) is 5.40. The van der Waals surface area contributed by atoms with Crippen LogP contribution in [0.15, 0.2) is 29.1 Å². The minimum atomic E-state index is -0.0404. The second-order valence-electron chi connectivity index (χ2n) is 4.56. The fraction of sp³-hybridized carbons (Fsp3) is 0.286. The monoisotopic (exact) mass is 273 g/mol. The molecule has 4 nitrogen and oxygen atoms in total. The summed E-state index contributed by atoms with van der Waals surface area (Å²) in [5.41, 5.74) is 5.78. The minimum Gasteiger partial charge on any atom is -0.385 e. The molecule has 0 radical (unpaired) electrons. The zero-order valence-corrected chi connectivity index (χ0v) is 11.3. The van der Waals surface area contributed by atoms with Crippen LogP contribution in [0.3, 0.4) is 0 Å². The van der Waals surface area contributed by atoms with E-state index in [0.29, 0.717) is 6.54 Å². The molecule has 0 unspecified atom stereocenters. The lowest BCUT2D eigenvalue weighted by Crippen LogP contribution is -2.23. The number of rotatable bonds is 3. The van der Waals surface area contributed by atoms with Crippen LogP contribution in [0.4, 0.5) is 5.69 Å². The van der Waals surface area contributed by atoms with E-state index in [1.54, 1.807) is 5.51 Å². The zero-order valence-electron chi connectivity index (χ0n) is 10.5. The van der Waals surface area contributed by atoms with Gasteiger partial charge in [-0.2, -0.15) is 0 Å². The lowest BCUT2D eigenvalue weighted by Gasteiger charge is -2.18. The van der Waals surface area contributed by atoms with Crippen LogP contribution in [0, 0.1) is 0 Å². The smallest absolute Gasteiger partial charge is 0.251 e. The molecule has 1 aliphatic rings. The van der Waals surface area contributed by atoms with Crippen molar-refractivity contribution in [2.75, 3.05) is 11.9 Å². The maximum atomic E-state index is 12.1. The number of carbonyl (C=O) groups excluding carboxylic acids is 1. The summed E-state index contributed by atoms with van der Waals surface area (Å²) < 4.78 is 0. The molecular formula is C14H15N3OS. The maximum absolute atomic E-state index is 12.1. The number of carbonyl (C=O) groups is 1. The molecule has 0 spiro atoms. The standard InChI is InChI=1S/C14H15N3OS/c18-14(16-7-12-8-19-9-17-12)11-3-4-13-10(6-11)2-1-5-15-13/h3-4,6,8-9,15H,1-2,5,7H2,(H,16,18). The first-order chi connectivity index (χ1) is 9.33. The summed E-state index contributed by atoms with van der Waals surface area (Å²) in [6.07, 6.45) is 2.16. The van der Waals surface area contributed by atoms with E-state index in [1.165, 1.54) is 16.9 Å². The first-order valence-corrected chi connectivity index (χ1v) is 7.29. The van der Waals surface area contributed by atoms with Gasteiger partial charge in [0.25, 0.3) is 5.91 Å². The molecule has 1 aromatic heterocycles. The number of aromatic nitrogens is 1. The Kier molecular flexibility index (Phi) is 3.46. The molecule has 0 fully saturated rings. The van der Waals surface area contributed by atoms with E-state index in [1.807, 2.05) is 23.6 Å². The normalized spacial score (nSPS) is 13.5. The van der Waals surface area contributed by atoms with Crippen molar-refractivity contribution in [2.45, 2.75) is 19.4 Å². The molecule has 1 aliphatic heterocycles. The van der Waals surface area contributed by atoms with Crippen molar-refractivity contribution in [3.8, 4) is 0 Å². The summed E-state index contributed by atoms with van der Waals surface area (Å²) >= 11 is 1.53. The van der Waals surface area contributed by atoms with Gasteiger partial charge < -0.3 is 10.6 Å². The summed E-state index contributed by atoms with van der Waals surface area (Å²) in [4.78, 5) is 16.2. The molecule has 5 heteroatoms. The highest BCUT2D eigenvalue weighted by atomic mass is 32.1. The molecule has 2 N–H and O–H groups in total. The Balaban J connectivity index is 1.69. The number of fused-ring (bicyclic) bond motifs is 1. The number of thiazole rings is 1. The maximum Gasteiger partial charge on any atom is 0.251 e. The quantitative estimate of drug-likeness (QED) is 0.903. The number of hydrogen-bond donors (Lipinski definition) is 2. The van der Waals surface area contributed by atoms with E-state index < -0.39 is 0 Å². The van der Waals surface area contributed by atoms with Gasteiger partial charge >= 0.3 is 0 Å². The predicted octanol–water partition coefficient (Wildman–Crippen LogP) is 2.43. The van der Waals surface area contributed by atoms with Crippen molar-refractivity contribution in [3.05, 3.63) is 45.9 Å². The van der Waals surface area contributed by atoms with Crippen LogP contribution in [0.25, 0.3) is 0 Å². The van der Waals surface area contributed by atoms with Crippen LogP contribution in [0.5, 0.6) is 0 Å². The van der Waals surface area contributed by atoms with Gasteiger partial charge in [0.15, 0.2) is 0 Å². The van der Waals surface area contributed by atoms with Crippen molar-refractivity contribution in [3.63, 3.8) is 0 Å². The van der Waals surface area contributed by atoms with Crippen molar-refractivity contribution in [1.82, 2.24) is 10.3 Å². The number of hydrogen-bond acceptors (Lipinski definition) is 4. The van der Waals surface area contributed by atoms with Crippen molar-refractivity contribution in [2.24, 2.45) is 0 Å². The molecule has 0 bridgehead atoms. The third-order valence-electron chi connectivity index (χ3n) is 3.22. The van der Waals surface area contributed by atoms with Crippen LogP contribution in [-0.2, 0) is 13.0 Å². The molecule has 2 aromatic rings. The number of anilines is 1. The summed E-state index contributed by atoms with van der Waals surface area (Å²) in [7, 11) is 0.